The molecule has 0 aliphatic rings. The zero-order valence-corrected chi connectivity index (χ0v) is 14.8. The Bertz CT molecular complexity index is 528. The van der Waals surface area contributed by atoms with Gasteiger partial charge in [0.25, 0.3) is 0 Å². The molecule has 134 valence electrons. The SMILES string of the molecule is C[C@H](NC(=O)N(CCO)CCc1ccccn1)C(=O)OC(C)(C)C. The molecule has 0 fully saturated rings. The van der Waals surface area contributed by atoms with Gasteiger partial charge < -0.3 is 20.1 Å². The first-order valence-corrected chi connectivity index (χ1v) is 8.02. The molecule has 0 aromatic carbocycles. The van der Waals surface area contributed by atoms with Gasteiger partial charge in [-0.05, 0) is 39.8 Å². The number of carbonyl (C=O) groups excluding carboxylic acids is 2. The Labute approximate surface area is 143 Å². The highest BCUT2D eigenvalue weighted by Crippen LogP contribution is 2.08. The van der Waals surface area contributed by atoms with E-state index in [-0.39, 0.29) is 13.2 Å². The maximum absolute atomic E-state index is 12.3. The molecule has 7 heteroatoms. The number of amides is 2. The Balaban J connectivity index is 2.57. The average molecular weight is 337 g/mol. The van der Waals surface area contributed by atoms with E-state index in [0.29, 0.717) is 13.0 Å². The molecule has 0 unspecified atom stereocenters. The summed E-state index contributed by atoms with van der Waals surface area (Å²) in [6, 6.07) is 4.39. The molecule has 0 saturated carbocycles. The van der Waals surface area contributed by atoms with Gasteiger partial charge in [-0.1, -0.05) is 6.07 Å². The van der Waals surface area contributed by atoms with E-state index in [1.54, 1.807) is 33.9 Å². The summed E-state index contributed by atoms with van der Waals surface area (Å²) < 4.78 is 5.24. The Morgan fingerprint density at radius 3 is 2.58 bits per heavy atom. The van der Waals surface area contributed by atoms with Gasteiger partial charge in [-0.25, -0.2) is 9.59 Å². The molecule has 2 N–H and O–H groups in total. The van der Waals surface area contributed by atoms with Crippen LogP contribution in [-0.4, -0.2) is 58.3 Å². The molecule has 0 saturated heterocycles. The van der Waals surface area contributed by atoms with Gasteiger partial charge in [-0.3, -0.25) is 4.98 Å². The van der Waals surface area contributed by atoms with E-state index >= 15 is 0 Å². The molecule has 24 heavy (non-hydrogen) atoms. The molecule has 1 heterocycles. The third-order valence-corrected chi connectivity index (χ3v) is 3.12. The van der Waals surface area contributed by atoms with Crippen LogP contribution in [0.4, 0.5) is 4.79 Å². The summed E-state index contributed by atoms with van der Waals surface area (Å²) in [6.07, 6.45) is 2.26. The number of carbonyl (C=O) groups is 2. The van der Waals surface area contributed by atoms with Crippen molar-refractivity contribution in [2.45, 2.75) is 45.8 Å². The molecule has 1 atom stereocenters. The van der Waals surface area contributed by atoms with Crippen molar-refractivity contribution in [3.8, 4) is 0 Å². The summed E-state index contributed by atoms with van der Waals surface area (Å²) in [5, 5.41) is 11.8. The number of hydrogen-bond acceptors (Lipinski definition) is 5. The van der Waals surface area contributed by atoms with Crippen LogP contribution in [0.5, 0.6) is 0 Å². The molecule has 0 aliphatic carbocycles. The molecule has 0 bridgehead atoms. The van der Waals surface area contributed by atoms with Crippen LogP contribution in [-0.2, 0) is 16.0 Å². The Kier molecular flexibility index (Phi) is 7.64. The molecule has 1 aromatic rings. The van der Waals surface area contributed by atoms with Gasteiger partial charge in [0.05, 0.1) is 6.61 Å². The van der Waals surface area contributed by atoms with E-state index in [1.807, 2.05) is 18.2 Å². The zero-order chi connectivity index (χ0) is 18.2. The highest BCUT2D eigenvalue weighted by molar-refractivity contribution is 5.83. The quantitative estimate of drug-likeness (QED) is 0.733. The number of nitrogens with zero attached hydrogens (tertiary/aromatic N) is 2. The number of nitrogens with one attached hydrogen (secondary N) is 1. The summed E-state index contributed by atoms with van der Waals surface area (Å²) in [4.78, 5) is 29.9. The van der Waals surface area contributed by atoms with E-state index in [0.717, 1.165) is 5.69 Å². The molecule has 0 aliphatic heterocycles. The van der Waals surface area contributed by atoms with E-state index in [9.17, 15) is 9.59 Å². The third kappa shape index (κ3) is 7.41. The van der Waals surface area contributed by atoms with Gasteiger partial charge in [-0.15, -0.1) is 0 Å². The van der Waals surface area contributed by atoms with Crippen molar-refractivity contribution < 1.29 is 19.4 Å². The highest BCUT2D eigenvalue weighted by Gasteiger charge is 2.24. The van der Waals surface area contributed by atoms with Crippen molar-refractivity contribution in [3.63, 3.8) is 0 Å². The number of rotatable bonds is 7. The van der Waals surface area contributed by atoms with Crippen LogP contribution in [0.2, 0.25) is 0 Å². The van der Waals surface area contributed by atoms with Crippen LogP contribution in [0.3, 0.4) is 0 Å². The topological polar surface area (TPSA) is 91.8 Å². The molecule has 0 spiro atoms. The van der Waals surface area contributed by atoms with Crippen LogP contribution < -0.4 is 5.32 Å². The maximum atomic E-state index is 12.3. The summed E-state index contributed by atoms with van der Waals surface area (Å²) in [6.45, 7) is 7.29. The number of pyridine rings is 1. The lowest BCUT2D eigenvalue weighted by Crippen LogP contribution is -2.49. The number of hydrogen-bond donors (Lipinski definition) is 2. The fourth-order valence-corrected chi connectivity index (χ4v) is 1.96. The van der Waals surface area contributed by atoms with Gasteiger partial charge >= 0.3 is 12.0 Å². The number of aliphatic hydroxyl groups is 1. The number of aromatic nitrogens is 1. The van der Waals surface area contributed by atoms with Crippen molar-refractivity contribution in [1.82, 2.24) is 15.2 Å². The van der Waals surface area contributed by atoms with Crippen molar-refractivity contribution in [2.75, 3.05) is 19.7 Å². The first-order chi connectivity index (χ1) is 11.2. The molecule has 1 rings (SSSR count). The van der Waals surface area contributed by atoms with E-state index < -0.39 is 23.6 Å². The minimum Gasteiger partial charge on any atom is -0.458 e. The summed E-state index contributed by atoms with van der Waals surface area (Å²) in [7, 11) is 0. The summed E-state index contributed by atoms with van der Waals surface area (Å²) in [5.74, 6) is -0.496. The first-order valence-electron chi connectivity index (χ1n) is 8.02. The maximum Gasteiger partial charge on any atom is 0.328 e. The molecular weight excluding hydrogens is 310 g/mol. The minimum atomic E-state index is -0.771. The van der Waals surface area contributed by atoms with Crippen LogP contribution in [0.15, 0.2) is 24.4 Å². The van der Waals surface area contributed by atoms with E-state index in [1.165, 1.54) is 4.90 Å². The summed E-state index contributed by atoms with van der Waals surface area (Å²) >= 11 is 0. The highest BCUT2D eigenvalue weighted by atomic mass is 16.6. The number of ether oxygens (including phenoxy) is 1. The van der Waals surface area contributed by atoms with Gasteiger partial charge in [0.15, 0.2) is 0 Å². The predicted octanol–water partition coefficient (Wildman–Crippen LogP) is 1.36. The van der Waals surface area contributed by atoms with E-state index in [4.69, 9.17) is 9.84 Å². The standard InChI is InChI=1S/C17H27N3O4/c1-13(15(22)24-17(2,3)4)19-16(23)20(11-12-21)10-8-14-7-5-6-9-18-14/h5-7,9,13,21H,8,10-12H2,1-4H3,(H,19,23)/t13-/m0/s1. The minimum absolute atomic E-state index is 0.156. The fourth-order valence-electron chi connectivity index (χ4n) is 1.96. The fraction of sp³-hybridized carbons (Fsp3) is 0.588. The molecule has 0 radical (unpaired) electrons. The second-order valence-electron chi connectivity index (χ2n) is 6.49. The van der Waals surface area contributed by atoms with Crippen molar-refractivity contribution in [1.29, 1.82) is 0 Å². The Morgan fingerprint density at radius 2 is 2.04 bits per heavy atom. The molecule has 2 amide bonds. The largest absolute Gasteiger partial charge is 0.458 e. The smallest absolute Gasteiger partial charge is 0.328 e. The van der Waals surface area contributed by atoms with Crippen LogP contribution in [0.25, 0.3) is 0 Å². The number of esters is 1. The lowest BCUT2D eigenvalue weighted by molar-refractivity contribution is -0.156. The molecule has 1 aromatic heterocycles. The molecule has 7 nitrogen and oxygen atoms in total. The van der Waals surface area contributed by atoms with Gasteiger partial charge in [0.1, 0.15) is 11.6 Å². The van der Waals surface area contributed by atoms with Crippen molar-refractivity contribution in [3.05, 3.63) is 30.1 Å². The number of aliphatic hydroxyl groups excluding tert-OH is 1. The van der Waals surface area contributed by atoms with E-state index in [2.05, 4.69) is 10.3 Å². The third-order valence-electron chi connectivity index (χ3n) is 3.12. The van der Waals surface area contributed by atoms with Gasteiger partial charge in [0.2, 0.25) is 0 Å². The second-order valence-corrected chi connectivity index (χ2v) is 6.49. The summed E-state index contributed by atoms with van der Waals surface area (Å²) in [5.41, 5.74) is 0.244. The normalized spacial score (nSPS) is 12.4. The lowest BCUT2D eigenvalue weighted by Gasteiger charge is -2.26. The zero-order valence-electron chi connectivity index (χ0n) is 14.8. The lowest BCUT2D eigenvalue weighted by atomic mass is 10.2. The predicted molar refractivity (Wildman–Crippen MR) is 90.4 cm³/mol. The van der Waals surface area contributed by atoms with Gasteiger partial charge in [-0.2, -0.15) is 0 Å². The van der Waals surface area contributed by atoms with Crippen molar-refractivity contribution in [2.24, 2.45) is 0 Å². The van der Waals surface area contributed by atoms with Crippen LogP contribution in [0, 0.1) is 0 Å². The Morgan fingerprint density at radius 1 is 1.33 bits per heavy atom. The second kappa shape index (κ2) is 9.22. The number of urea groups is 1. The van der Waals surface area contributed by atoms with Crippen molar-refractivity contribution >= 4 is 12.0 Å². The first kappa shape index (κ1) is 19.9. The monoisotopic (exact) mass is 337 g/mol. The Hall–Kier alpha value is -2.15. The molecular formula is C17H27N3O4. The van der Waals surface area contributed by atoms with Gasteiger partial charge in [0, 0.05) is 31.4 Å². The average Bonchev–Trinajstić information content (AvgIpc) is 2.50. The van der Waals surface area contributed by atoms with Crippen LogP contribution >= 0.6 is 0 Å². The van der Waals surface area contributed by atoms with Crippen LogP contribution in [0.1, 0.15) is 33.4 Å².